The van der Waals surface area contributed by atoms with E-state index in [-0.39, 0.29) is 18.9 Å². The number of carbonyl (C=O) groups is 1. The van der Waals surface area contributed by atoms with Crippen molar-refractivity contribution in [2.24, 2.45) is 4.99 Å². The summed E-state index contributed by atoms with van der Waals surface area (Å²) in [7, 11) is 3.25. The summed E-state index contributed by atoms with van der Waals surface area (Å²) >= 11 is 7.20. The topological polar surface area (TPSA) is 111 Å². The first-order valence-corrected chi connectivity index (χ1v) is 16.8. The molecule has 0 saturated carbocycles. The van der Waals surface area contributed by atoms with Crippen LogP contribution in [0.25, 0.3) is 0 Å². The van der Waals surface area contributed by atoms with E-state index in [1.165, 1.54) is 0 Å². The number of aliphatic imine (C=N–C) groups is 1. The highest BCUT2D eigenvalue weighted by atomic mass is 79.9. The predicted octanol–water partition coefficient (Wildman–Crippen LogP) is 6.35. The molecule has 4 aromatic carbocycles. The van der Waals surface area contributed by atoms with Gasteiger partial charge >= 0.3 is 0 Å². The molecule has 3 N–H and O–H groups in total. The molecule has 4 aromatic rings. The van der Waals surface area contributed by atoms with Crippen molar-refractivity contribution in [1.82, 2.24) is 10.9 Å². The first-order valence-electron chi connectivity index (χ1n) is 15.2. The molecular formula is C36H37Br2N3O6. The molecule has 1 aliphatic rings. The second-order valence-corrected chi connectivity index (χ2v) is 12.7. The second-order valence-electron chi connectivity index (χ2n) is 10.9. The van der Waals surface area contributed by atoms with Crippen LogP contribution in [0, 0.1) is 0 Å². The molecule has 0 aliphatic carbocycles. The average molecular weight is 768 g/mol. The molecule has 0 spiro atoms. The van der Waals surface area contributed by atoms with E-state index in [2.05, 4.69) is 42.7 Å². The fourth-order valence-corrected chi connectivity index (χ4v) is 6.07. The Morgan fingerprint density at radius 1 is 0.936 bits per heavy atom. The van der Waals surface area contributed by atoms with Crippen LogP contribution in [0.1, 0.15) is 34.8 Å². The van der Waals surface area contributed by atoms with Gasteiger partial charge in [0.1, 0.15) is 17.2 Å². The number of halogens is 2. The maximum Gasteiger partial charge on any atom is 0.266 e. The van der Waals surface area contributed by atoms with Gasteiger partial charge in [0, 0.05) is 40.5 Å². The number of aliphatic hydroxyl groups is 1. The van der Waals surface area contributed by atoms with Gasteiger partial charge in [-0.1, -0.05) is 62.2 Å². The van der Waals surface area contributed by atoms with E-state index in [1.807, 2.05) is 91.0 Å². The van der Waals surface area contributed by atoms with Gasteiger partial charge in [-0.25, -0.2) is 10.4 Å². The van der Waals surface area contributed by atoms with Crippen LogP contribution in [0.15, 0.2) is 105 Å². The lowest BCUT2D eigenvalue weighted by atomic mass is 9.82. The normalized spacial score (nSPS) is 17.0. The van der Waals surface area contributed by atoms with Gasteiger partial charge in [-0.2, -0.15) is 0 Å². The largest absolute Gasteiger partial charge is 0.497 e. The van der Waals surface area contributed by atoms with Gasteiger partial charge in [0.15, 0.2) is 11.6 Å². The summed E-state index contributed by atoms with van der Waals surface area (Å²) in [6, 6.07) is 28.5. The molecule has 0 aromatic heterocycles. The molecule has 9 nitrogen and oxygen atoms in total. The Morgan fingerprint density at radius 3 is 2.38 bits per heavy atom. The van der Waals surface area contributed by atoms with Crippen LogP contribution in [0.5, 0.6) is 17.2 Å². The first-order chi connectivity index (χ1) is 22.9. The number of rotatable bonds is 15. The van der Waals surface area contributed by atoms with Gasteiger partial charge in [-0.15, -0.1) is 0 Å². The highest BCUT2D eigenvalue weighted by Gasteiger charge is 2.53. The summed E-state index contributed by atoms with van der Waals surface area (Å²) in [6.45, 7) is 0.899. The number of methoxy groups -OCH3 is 2. The lowest BCUT2D eigenvalue weighted by molar-refractivity contribution is -0.130. The standard InChI is InChI=1S/C36H37Br2N3O6/c1-44-30-16-17-32(45-2)26(22-30)18-19-39-41-35(43)36(23-27-6-3-4-7-31(27)38)33(24-8-12-28(37)13-9-24)47-34(40-36)25-10-14-29(15-11-25)46-21-5-20-42/h3-4,6-17,22,33,39,42H,5,18-21,23H2,1-2H3,(H,41,43)/t33-,36-/m0/s1. The van der Waals surface area contributed by atoms with E-state index in [1.54, 1.807) is 14.2 Å². The fraction of sp³-hybridized carbons (Fsp3) is 0.278. The number of aliphatic hydroxyl groups excluding tert-OH is 1. The van der Waals surface area contributed by atoms with Gasteiger partial charge in [0.25, 0.3) is 5.91 Å². The fourth-order valence-electron chi connectivity index (χ4n) is 5.38. The molecule has 0 saturated heterocycles. The van der Waals surface area contributed by atoms with E-state index in [9.17, 15) is 4.79 Å². The maximum absolute atomic E-state index is 14.5. The van der Waals surface area contributed by atoms with Crippen LogP contribution >= 0.6 is 31.9 Å². The Morgan fingerprint density at radius 2 is 1.68 bits per heavy atom. The molecule has 2 atom stereocenters. The monoisotopic (exact) mass is 765 g/mol. The Kier molecular flexibility index (Phi) is 11.9. The molecule has 1 aliphatic heterocycles. The van der Waals surface area contributed by atoms with Crippen LogP contribution < -0.4 is 25.1 Å². The first kappa shape index (κ1) is 34.4. The molecule has 1 heterocycles. The summed E-state index contributed by atoms with van der Waals surface area (Å²) in [6.07, 6.45) is 0.642. The van der Waals surface area contributed by atoms with Gasteiger partial charge in [-0.3, -0.25) is 10.2 Å². The minimum Gasteiger partial charge on any atom is -0.497 e. The highest BCUT2D eigenvalue weighted by Crippen LogP contribution is 2.43. The van der Waals surface area contributed by atoms with Crippen molar-refractivity contribution in [3.63, 3.8) is 0 Å². The molecular weight excluding hydrogens is 730 g/mol. The molecule has 0 unspecified atom stereocenters. The highest BCUT2D eigenvalue weighted by molar-refractivity contribution is 9.10. The number of benzene rings is 4. The number of amides is 1. The van der Waals surface area contributed by atoms with Crippen molar-refractivity contribution >= 4 is 43.7 Å². The number of hydrogen-bond acceptors (Lipinski definition) is 8. The smallest absolute Gasteiger partial charge is 0.266 e. The number of hydrogen-bond donors (Lipinski definition) is 3. The third-order valence-electron chi connectivity index (χ3n) is 7.83. The Bertz CT molecular complexity index is 1680. The zero-order valence-corrected chi connectivity index (χ0v) is 29.3. The third kappa shape index (κ3) is 8.34. The summed E-state index contributed by atoms with van der Waals surface area (Å²) in [4.78, 5) is 19.6. The van der Waals surface area contributed by atoms with Crippen LogP contribution in [0.2, 0.25) is 0 Å². The molecule has 11 heteroatoms. The maximum atomic E-state index is 14.5. The van der Waals surface area contributed by atoms with E-state index < -0.39 is 11.6 Å². The SMILES string of the molecule is COc1ccc(OC)c(CCNNC(=O)[C@@]2(Cc3ccccc3Br)N=C(c3ccc(OCCCO)cc3)O[C@H]2c2ccc(Br)cc2)c1. The lowest BCUT2D eigenvalue weighted by Crippen LogP contribution is -2.54. The lowest BCUT2D eigenvalue weighted by Gasteiger charge is -2.31. The number of nitrogens with one attached hydrogen (secondary N) is 2. The molecule has 47 heavy (non-hydrogen) atoms. The molecule has 0 fully saturated rings. The van der Waals surface area contributed by atoms with Crippen molar-refractivity contribution < 1.29 is 28.8 Å². The number of ether oxygens (including phenoxy) is 4. The van der Waals surface area contributed by atoms with Crippen LogP contribution in [-0.4, -0.2) is 56.4 Å². The number of carbonyl (C=O) groups excluding carboxylic acids is 1. The van der Waals surface area contributed by atoms with E-state index in [0.717, 1.165) is 37.1 Å². The van der Waals surface area contributed by atoms with Crippen LogP contribution in [0.4, 0.5) is 0 Å². The Hall–Kier alpha value is -3.90. The third-order valence-corrected chi connectivity index (χ3v) is 9.13. The Labute approximate surface area is 291 Å². The average Bonchev–Trinajstić information content (AvgIpc) is 3.48. The van der Waals surface area contributed by atoms with Crippen molar-refractivity contribution in [3.05, 3.63) is 122 Å². The van der Waals surface area contributed by atoms with E-state index in [0.29, 0.717) is 43.2 Å². The zero-order valence-electron chi connectivity index (χ0n) is 26.2. The van der Waals surface area contributed by atoms with Gasteiger partial charge in [-0.05, 0) is 83.8 Å². The van der Waals surface area contributed by atoms with Crippen molar-refractivity contribution in [2.75, 3.05) is 34.0 Å². The molecule has 0 radical (unpaired) electrons. The summed E-state index contributed by atoms with van der Waals surface area (Å²) in [5.41, 5.74) is 8.06. The Balaban J connectivity index is 1.47. The summed E-state index contributed by atoms with van der Waals surface area (Å²) in [5.74, 6) is 2.15. The minimum atomic E-state index is -1.37. The minimum absolute atomic E-state index is 0.0614. The van der Waals surface area contributed by atoms with Crippen molar-refractivity contribution in [2.45, 2.75) is 30.9 Å². The van der Waals surface area contributed by atoms with Gasteiger partial charge in [0.05, 0.1) is 20.8 Å². The van der Waals surface area contributed by atoms with E-state index >= 15 is 0 Å². The summed E-state index contributed by atoms with van der Waals surface area (Å²) < 4.78 is 25.0. The molecule has 1 amide bonds. The molecule has 246 valence electrons. The zero-order chi connectivity index (χ0) is 33.2. The predicted molar refractivity (Wildman–Crippen MR) is 188 cm³/mol. The van der Waals surface area contributed by atoms with Crippen molar-refractivity contribution in [1.29, 1.82) is 0 Å². The van der Waals surface area contributed by atoms with Crippen LogP contribution in [-0.2, 0) is 22.4 Å². The summed E-state index contributed by atoms with van der Waals surface area (Å²) in [5, 5.41) is 9.08. The second kappa shape index (κ2) is 16.3. The molecule has 5 rings (SSSR count). The van der Waals surface area contributed by atoms with Gasteiger partial charge < -0.3 is 24.1 Å². The quantitative estimate of drug-likeness (QED) is 0.0956. The van der Waals surface area contributed by atoms with Crippen molar-refractivity contribution in [3.8, 4) is 17.2 Å². The molecule has 0 bridgehead atoms. The van der Waals surface area contributed by atoms with Gasteiger partial charge in [0.2, 0.25) is 5.90 Å². The van der Waals surface area contributed by atoms with Crippen LogP contribution in [0.3, 0.4) is 0 Å². The number of hydrazine groups is 1. The van der Waals surface area contributed by atoms with E-state index in [4.69, 9.17) is 29.0 Å². The number of nitrogens with zero attached hydrogens (tertiary/aromatic N) is 1.